The maximum Gasteiger partial charge on any atom is 0.415 e. The molecule has 5 heteroatoms. The minimum Gasteiger partial charge on any atom is -0.355 e. The molecule has 2 nitrogen and oxygen atoms in total. The van der Waals surface area contributed by atoms with Crippen LogP contribution in [0.5, 0.6) is 0 Å². The minimum absolute atomic E-state index is 0.115. The Morgan fingerprint density at radius 1 is 1.36 bits per heavy atom. The lowest BCUT2D eigenvalue weighted by molar-refractivity contribution is -0.285. The molecule has 0 bridgehead atoms. The average Bonchev–Trinajstić information content (AvgIpc) is 1.86. The van der Waals surface area contributed by atoms with Gasteiger partial charge >= 0.3 is 6.18 Å². The molecule has 0 spiro atoms. The standard InChI is InChI=1S/C6H9F3O2/c1-4-2-10-3-11-5(4)6(7,8)9/h4-5H,2-3H2,1H3/t4-,5+/m0/s1. The van der Waals surface area contributed by atoms with Crippen molar-refractivity contribution in [3.05, 3.63) is 0 Å². The van der Waals surface area contributed by atoms with E-state index in [9.17, 15) is 13.2 Å². The smallest absolute Gasteiger partial charge is 0.355 e. The molecule has 1 rings (SSSR count). The summed E-state index contributed by atoms with van der Waals surface area (Å²) in [5.74, 6) is -0.608. The second kappa shape index (κ2) is 2.98. The van der Waals surface area contributed by atoms with Gasteiger partial charge in [-0.15, -0.1) is 0 Å². The lowest BCUT2D eigenvalue weighted by Crippen LogP contribution is -2.43. The van der Waals surface area contributed by atoms with E-state index in [4.69, 9.17) is 0 Å². The fourth-order valence-electron chi connectivity index (χ4n) is 1.02. The molecule has 1 fully saturated rings. The van der Waals surface area contributed by atoms with Gasteiger partial charge in [-0.1, -0.05) is 6.92 Å². The summed E-state index contributed by atoms with van der Waals surface area (Å²) < 4.78 is 45.1. The Labute approximate surface area is 62.3 Å². The van der Waals surface area contributed by atoms with Gasteiger partial charge in [-0.25, -0.2) is 0 Å². The Kier molecular flexibility index (Phi) is 2.39. The number of hydrogen-bond donors (Lipinski definition) is 0. The van der Waals surface area contributed by atoms with E-state index < -0.39 is 18.2 Å². The van der Waals surface area contributed by atoms with Crippen molar-refractivity contribution in [1.29, 1.82) is 0 Å². The fourth-order valence-corrected chi connectivity index (χ4v) is 1.02. The van der Waals surface area contributed by atoms with Crippen LogP contribution in [-0.4, -0.2) is 25.7 Å². The van der Waals surface area contributed by atoms with E-state index in [1.807, 2.05) is 0 Å². The summed E-state index contributed by atoms with van der Waals surface area (Å²) in [5, 5.41) is 0. The Balaban J connectivity index is 2.55. The molecule has 1 heterocycles. The summed E-state index contributed by atoms with van der Waals surface area (Å²) in [5.41, 5.74) is 0. The maximum atomic E-state index is 12.0. The second-order valence-electron chi connectivity index (χ2n) is 2.59. The zero-order valence-corrected chi connectivity index (χ0v) is 6.02. The molecular weight excluding hydrogens is 161 g/mol. The first kappa shape index (κ1) is 8.80. The zero-order valence-electron chi connectivity index (χ0n) is 6.02. The lowest BCUT2D eigenvalue weighted by atomic mass is 10.1. The fraction of sp³-hybridized carbons (Fsp3) is 1.00. The van der Waals surface area contributed by atoms with Crippen molar-refractivity contribution < 1.29 is 22.6 Å². The van der Waals surface area contributed by atoms with Crippen molar-refractivity contribution in [2.45, 2.75) is 19.2 Å². The van der Waals surface area contributed by atoms with Crippen molar-refractivity contribution in [3.63, 3.8) is 0 Å². The molecule has 0 aliphatic carbocycles. The SMILES string of the molecule is C[C@H]1COCO[C@H]1C(F)(F)F. The monoisotopic (exact) mass is 170 g/mol. The second-order valence-corrected chi connectivity index (χ2v) is 2.59. The van der Waals surface area contributed by atoms with Crippen LogP contribution < -0.4 is 0 Å². The molecule has 2 atom stereocenters. The van der Waals surface area contributed by atoms with E-state index in [-0.39, 0.29) is 13.4 Å². The molecule has 66 valence electrons. The third-order valence-corrected chi connectivity index (χ3v) is 1.55. The molecular formula is C6H9F3O2. The van der Waals surface area contributed by atoms with Gasteiger partial charge in [0.15, 0.2) is 6.10 Å². The first-order valence-electron chi connectivity index (χ1n) is 3.28. The molecule has 0 radical (unpaired) electrons. The van der Waals surface area contributed by atoms with Gasteiger partial charge in [0.25, 0.3) is 0 Å². The van der Waals surface area contributed by atoms with Gasteiger partial charge in [0.1, 0.15) is 6.79 Å². The van der Waals surface area contributed by atoms with E-state index in [1.54, 1.807) is 0 Å². The summed E-state index contributed by atoms with van der Waals surface area (Å²) in [6, 6.07) is 0. The minimum atomic E-state index is -4.26. The third kappa shape index (κ3) is 2.07. The van der Waals surface area contributed by atoms with Crippen molar-refractivity contribution >= 4 is 0 Å². The first-order chi connectivity index (χ1) is 5.02. The normalized spacial score (nSPS) is 33.8. The van der Waals surface area contributed by atoms with E-state index in [1.165, 1.54) is 6.92 Å². The van der Waals surface area contributed by atoms with Crippen LogP contribution in [0.25, 0.3) is 0 Å². The van der Waals surface area contributed by atoms with Crippen LogP contribution in [0.4, 0.5) is 13.2 Å². The van der Waals surface area contributed by atoms with Gasteiger partial charge in [-0.2, -0.15) is 13.2 Å². The molecule has 1 saturated heterocycles. The van der Waals surface area contributed by atoms with E-state index >= 15 is 0 Å². The van der Waals surface area contributed by atoms with Gasteiger partial charge in [0.05, 0.1) is 6.61 Å². The van der Waals surface area contributed by atoms with Crippen molar-refractivity contribution in [2.24, 2.45) is 5.92 Å². The maximum absolute atomic E-state index is 12.0. The third-order valence-electron chi connectivity index (χ3n) is 1.55. The number of alkyl halides is 3. The highest BCUT2D eigenvalue weighted by Gasteiger charge is 2.45. The highest BCUT2D eigenvalue weighted by Crippen LogP contribution is 2.30. The topological polar surface area (TPSA) is 18.5 Å². The number of ether oxygens (including phenoxy) is 2. The summed E-state index contributed by atoms with van der Waals surface area (Å²) in [6.07, 6.45) is -5.92. The summed E-state index contributed by atoms with van der Waals surface area (Å²) in [6.45, 7) is 1.32. The number of hydrogen-bond acceptors (Lipinski definition) is 2. The van der Waals surface area contributed by atoms with E-state index in [0.29, 0.717) is 0 Å². The van der Waals surface area contributed by atoms with Gasteiger partial charge in [0, 0.05) is 5.92 Å². The summed E-state index contributed by atoms with van der Waals surface area (Å²) in [4.78, 5) is 0. The zero-order chi connectivity index (χ0) is 8.48. The molecule has 0 saturated carbocycles. The Morgan fingerprint density at radius 2 is 2.00 bits per heavy atom. The average molecular weight is 170 g/mol. The van der Waals surface area contributed by atoms with Gasteiger partial charge in [-0.05, 0) is 0 Å². The van der Waals surface area contributed by atoms with Crippen LogP contribution >= 0.6 is 0 Å². The molecule has 0 aromatic rings. The Morgan fingerprint density at radius 3 is 2.36 bits per heavy atom. The molecule has 0 aromatic carbocycles. The van der Waals surface area contributed by atoms with E-state index in [0.717, 1.165) is 0 Å². The lowest BCUT2D eigenvalue weighted by Gasteiger charge is -2.30. The molecule has 0 unspecified atom stereocenters. The molecule has 1 aliphatic heterocycles. The van der Waals surface area contributed by atoms with Crippen molar-refractivity contribution in [1.82, 2.24) is 0 Å². The van der Waals surface area contributed by atoms with Crippen LogP contribution in [0.15, 0.2) is 0 Å². The highest BCUT2D eigenvalue weighted by molar-refractivity contribution is 4.75. The number of halogens is 3. The van der Waals surface area contributed by atoms with E-state index in [2.05, 4.69) is 9.47 Å². The van der Waals surface area contributed by atoms with Gasteiger partial charge < -0.3 is 9.47 Å². The number of rotatable bonds is 0. The molecule has 11 heavy (non-hydrogen) atoms. The van der Waals surface area contributed by atoms with Crippen LogP contribution in [-0.2, 0) is 9.47 Å². The van der Waals surface area contributed by atoms with Gasteiger partial charge in [-0.3, -0.25) is 0 Å². The van der Waals surface area contributed by atoms with Crippen LogP contribution in [0, 0.1) is 5.92 Å². The van der Waals surface area contributed by atoms with Gasteiger partial charge in [0.2, 0.25) is 0 Å². The Bertz CT molecular complexity index is 134. The molecule has 0 amide bonds. The predicted octanol–water partition coefficient (Wildman–Crippen LogP) is 1.56. The molecule has 0 aromatic heterocycles. The molecule has 1 aliphatic rings. The summed E-state index contributed by atoms with van der Waals surface area (Å²) >= 11 is 0. The quantitative estimate of drug-likeness (QED) is 0.549. The Hall–Kier alpha value is -0.290. The van der Waals surface area contributed by atoms with Crippen LogP contribution in [0.2, 0.25) is 0 Å². The van der Waals surface area contributed by atoms with Crippen molar-refractivity contribution in [2.75, 3.05) is 13.4 Å². The molecule has 0 N–H and O–H groups in total. The largest absolute Gasteiger partial charge is 0.415 e. The summed E-state index contributed by atoms with van der Waals surface area (Å²) in [7, 11) is 0. The highest BCUT2D eigenvalue weighted by atomic mass is 19.4. The first-order valence-corrected chi connectivity index (χ1v) is 3.28. The van der Waals surface area contributed by atoms with Crippen LogP contribution in [0.1, 0.15) is 6.92 Å². The van der Waals surface area contributed by atoms with Crippen LogP contribution in [0.3, 0.4) is 0 Å². The predicted molar refractivity (Wildman–Crippen MR) is 30.9 cm³/mol. The van der Waals surface area contributed by atoms with Crippen molar-refractivity contribution in [3.8, 4) is 0 Å².